The summed E-state index contributed by atoms with van der Waals surface area (Å²) in [6, 6.07) is 12.3. The van der Waals surface area contributed by atoms with E-state index in [0.717, 1.165) is 22.1 Å². The van der Waals surface area contributed by atoms with Crippen LogP contribution in [0.4, 0.5) is 5.69 Å². The summed E-state index contributed by atoms with van der Waals surface area (Å²) in [5.41, 5.74) is 2.14. The average Bonchev–Trinajstić information content (AvgIpc) is 3.07. The summed E-state index contributed by atoms with van der Waals surface area (Å²) in [5, 5.41) is 9.27. The second-order valence-electron chi connectivity index (χ2n) is 4.58. The molecule has 2 aromatic heterocycles. The van der Waals surface area contributed by atoms with Gasteiger partial charge in [0.1, 0.15) is 0 Å². The van der Waals surface area contributed by atoms with E-state index in [4.69, 9.17) is 12.2 Å². The third-order valence-electron chi connectivity index (χ3n) is 3.02. The largest absolute Gasteiger partial charge is 0.378 e. The summed E-state index contributed by atoms with van der Waals surface area (Å²) in [6.45, 7) is 0. The molecule has 0 aliphatic heterocycles. The van der Waals surface area contributed by atoms with E-state index in [-0.39, 0.29) is 0 Å². The number of rotatable bonds is 3. The first-order valence-electron chi connectivity index (χ1n) is 6.16. The van der Waals surface area contributed by atoms with Gasteiger partial charge in [0.25, 0.3) is 0 Å². The quantitative estimate of drug-likeness (QED) is 0.749. The number of H-pyrrole nitrogens is 1. The van der Waals surface area contributed by atoms with Gasteiger partial charge in [-0.05, 0) is 41.9 Å². The Morgan fingerprint density at radius 1 is 1.25 bits per heavy atom. The lowest BCUT2D eigenvalue weighted by Gasteiger charge is -2.14. The number of nitrogens with one attached hydrogen (secondary N) is 1. The maximum Gasteiger partial charge on any atom is 0.200 e. The molecule has 102 valence electrons. The fourth-order valence-corrected chi connectivity index (χ4v) is 2.96. The van der Waals surface area contributed by atoms with Crippen LogP contribution in [0.3, 0.4) is 0 Å². The van der Waals surface area contributed by atoms with Crippen molar-refractivity contribution in [3.63, 3.8) is 0 Å². The van der Waals surface area contributed by atoms with E-state index in [1.165, 1.54) is 0 Å². The maximum absolute atomic E-state index is 5.37. The lowest BCUT2D eigenvalue weighted by molar-refractivity contribution is 1.03. The van der Waals surface area contributed by atoms with Crippen LogP contribution < -0.4 is 4.90 Å². The first kappa shape index (κ1) is 13.1. The van der Waals surface area contributed by atoms with Gasteiger partial charge in [0, 0.05) is 19.8 Å². The lowest BCUT2D eigenvalue weighted by Crippen LogP contribution is -2.09. The minimum Gasteiger partial charge on any atom is -0.378 e. The van der Waals surface area contributed by atoms with Crippen LogP contribution in [0, 0.1) is 4.77 Å². The molecule has 0 amide bonds. The Hall–Kier alpha value is -1.92. The highest BCUT2D eigenvalue weighted by Crippen LogP contribution is 2.26. The predicted octanol–water partition coefficient (Wildman–Crippen LogP) is 3.72. The van der Waals surface area contributed by atoms with Gasteiger partial charge in [-0.2, -0.15) is 5.10 Å². The third kappa shape index (κ3) is 2.28. The van der Waals surface area contributed by atoms with Crippen LogP contribution in [-0.4, -0.2) is 28.9 Å². The molecule has 4 nitrogen and oxygen atoms in total. The number of anilines is 1. The van der Waals surface area contributed by atoms with Gasteiger partial charge in [0.05, 0.1) is 10.6 Å². The number of benzene rings is 1. The molecule has 0 atom stereocenters. The highest BCUT2D eigenvalue weighted by atomic mass is 32.1. The van der Waals surface area contributed by atoms with Crippen molar-refractivity contribution in [2.24, 2.45) is 0 Å². The zero-order chi connectivity index (χ0) is 14.1. The molecule has 0 saturated heterocycles. The van der Waals surface area contributed by atoms with Gasteiger partial charge in [-0.3, -0.25) is 9.67 Å². The van der Waals surface area contributed by atoms with E-state index in [0.29, 0.717) is 4.77 Å². The van der Waals surface area contributed by atoms with E-state index < -0.39 is 0 Å². The zero-order valence-electron chi connectivity index (χ0n) is 11.2. The van der Waals surface area contributed by atoms with Crippen molar-refractivity contribution in [2.75, 3.05) is 19.0 Å². The molecule has 0 aliphatic rings. The van der Waals surface area contributed by atoms with E-state index in [1.807, 2.05) is 48.3 Å². The summed E-state index contributed by atoms with van der Waals surface area (Å²) in [6.07, 6.45) is 0. The molecular formula is C14H14N4S2. The standard InChI is InChI=1S/C14H14N4S2/c1-17(2)10-5-3-6-11(9-10)18-13(15-16-14(18)19)12-7-4-8-20-12/h3-9H,1-2H3,(H,16,19). The average molecular weight is 302 g/mol. The Morgan fingerprint density at radius 3 is 2.80 bits per heavy atom. The monoisotopic (exact) mass is 302 g/mol. The van der Waals surface area contributed by atoms with Crippen LogP contribution in [-0.2, 0) is 0 Å². The van der Waals surface area contributed by atoms with E-state index >= 15 is 0 Å². The van der Waals surface area contributed by atoms with Crippen molar-refractivity contribution in [3.8, 4) is 16.4 Å². The summed E-state index contributed by atoms with van der Waals surface area (Å²) >= 11 is 7.02. The van der Waals surface area contributed by atoms with E-state index in [2.05, 4.69) is 27.2 Å². The van der Waals surface area contributed by atoms with Crippen LogP contribution in [0.5, 0.6) is 0 Å². The normalized spacial score (nSPS) is 10.7. The lowest BCUT2D eigenvalue weighted by atomic mass is 10.2. The number of aromatic amines is 1. The Balaban J connectivity index is 2.18. The number of nitrogens with zero attached hydrogens (tertiary/aromatic N) is 3. The molecule has 6 heteroatoms. The molecule has 0 bridgehead atoms. The molecule has 1 aromatic carbocycles. The van der Waals surface area contributed by atoms with Gasteiger partial charge in [-0.25, -0.2) is 0 Å². The maximum atomic E-state index is 5.37. The molecule has 20 heavy (non-hydrogen) atoms. The summed E-state index contributed by atoms with van der Waals surface area (Å²) < 4.78 is 2.57. The molecule has 0 spiro atoms. The molecule has 0 radical (unpaired) electrons. The van der Waals surface area contributed by atoms with Crippen molar-refractivity contribution in [2.45, 2.75) is 0 Å². The van der Waals surface area contributed by atoms with Gasteiger partial charge in [0.15, 0.2) is 10.6 Å². The molecular weight excluding hydrogens is 288 g/mol. The van der Waals surface area contributed by atoms with E-state index in [1.54, 1.807) is 11.3 Å². The van der Waals surface area contributed by atoms with Crippen LogP contribution in [0.2, 0.25) is 0 Å². The number of hydrogen-bond donors (Lipinski definition) is 1. The van der Waals surface area contributed by atoms with Gasteiger partial charge >= 0.3 is 0 Å². The van der Waals surface area contributed by atoms with Gasteiger partial charge in [0.2, 0.25) is 0 Å². The molecule has 0 saturated carbocycles. The Bertz CT molecular complexity index is 769. The zero-order valence-corrected chi connectivity index (χ0v) is 12.8. The van der Waals surface area contributed by atoms with Crippen LogP contribution in [0.25, 0.3) is 16.4 Å². The summed E-state index contributed by atoms with van der Waals surface area (Å²) in [7, 11) is 4.04. The minimum atomic E-state index is 0.601. The van der Waals surface area contributed by atoms with Crippen LogP contribution in [0.15, 0.2) is 41.8 Å². The summed E-state index contributed by atoms with van der Waals surface area (Å²) in [4.78, 5) is 3.16. The predicted molar refractivity (Wildman–Crippen MR) is 86.4 cm³/mol. The van der Waals surface area contributed by atoms with E-state index in [9.17, 15) is 0 Å². The topological polar surface area (TPSA) is 36.9 Å². The molecule has 1 N–H and O–H groups in total. The van der Waals surface area contributed by atoms with Crippen molar-refractivity contribution in [1.29, 1.82) is 0 Å². The highest BCUT2D eigenvalue weighted by molar-refractivity contribution is 7.71. The minimum absolute atomic E-state index is 0.601. The molecule has 2 heterocycles. The number of aromatic nitrogens is 3. The molecule has 0 fully saturated rings. The Kier molecular flexibility index (Phi) is 3.42. The third-order valence-corrected chi connectivity index (χ3v) is 4.16. The van der Waals surface area contributed by atoms with Crippen molar-refractivity contribution in [3.05, 3.63) is 46.5 Å². The second kappa shape index (κ2) is 5.22. The van der Waals surface area contributed by atoms with Crippen LogP contribution >= 0.6 is 23.6 Å². The molecule has 3 aromatic rings. The molecule has 3 rings (SSSR count). The van der Waals surface area contributed by atoms with Crippen molar-refractivity contribution < 1.29 is 0 Å². The van der Waals surface area contributed by atoms with Crippen molar-refractivity contribution in [1.82, 2.24) is 14.8 Å². The van der Waals surface area contributed by atoms with Gasteiger partial charge in [-0.1, -0.05) is 12.1 Å². The smallest absolute Gasteiger partial charge is 0.200 e. The Labute approximate surface area is 126 Å². The highest BCUT2D eigenvalue weighted by Gasteiger charge is 2.12. The molecule has 0 unspecified atom stereocenters. The number of thiophene rings is 1. The fourth-order valence-electron chi connectivity index (χ4n) is 2.02. The van der Waals surface area contributed by atoms with Gasteiger partial charge in [-0.15, -0.1) is 11.3 Å². The summed E-state index contributed by atoms with van der Waals surface area (Å²) in [5.74, 6) is 0.848. The second-order valence-corrected chi connectivity index (χ2v) is 5.91. The van der Waals surface area contributed by atoms with Gasteiger partial charge < -0.3 is 4.90 Å². The first-order valence-corrected chi connectivity index (χ1v) is 7.44. The van der Waals surface area contributed by atoms with Crippen LogP contribution in [0.1, 0.15) is 0 Å². The SMILES string of the molecule is CN(C)c1cccc(-n2c(-c3cccs3)n[nH]c2=S)c1. The van der Waals surface area contributed by atoms with Crippen molar-refractivity contribution >= 4 is 29.2 Å². The first-order chi connectivity index (χ1) is 9.66. The number of hydrogen-bond acceptors (Lipinski definition) is 4. The molecule has 0 aliphatic carbocycles. The fraction of sp³-hybridized carbons (Fsp3) is 0.143. The Morgan fingerprint density at radius 2 is 2.10 bits per heavy atom.